The van der Waals surface area contributed by atoms with Gasteiger partial charge in [-0.25, -0.2) is 9.59 Å². The number of nitrogens with one attached hydrogen (secondary N) is 3. The molecule has 0 fully saturated rings. The lowest BCUT2D eigenvalue weighted by atomic mass is 9.97. The van der Waals surface area contributed by atoms with Crippen molar-refractivity contribution in [1.82, 2.24) is 16.0 Å². The minimum absolute atomic E-state index is 0.00224. The number of carboxylic acid groups (broad SMARTS) is 4. The highest BCUT2D eigenvalue weighted by atomic mass is 16.5. The monoisotopic (exact) mass is 1090 g/mol. The molecule has 0 aliphatic rings. The Kier molecular flexibility index (Phi) is 43.8. The first-order valence-corrected chi connectivity index (χ1v) is 27.4. The second-order valence-corrected chi connectivity index (χ2v) is 19.4. The summed E-state index contributed by atoms with van der Waals surface area (Å²) in [5.41, 5.74) is 0. The molecule has 76 heavy (non-hydrogen) atoms. The molecule has 0 unspecified atom stereocenters. The molecule has 4 atom stereocenters. The van der Waals surface area contributed by atoms with E-state index in [1.54, 1.807) is 0 Å². The van der Waals surface area contributed by atoms with Crippen LogP contribution < -0.4 is 16.0 Å². The maximum atomic E-state index is 12.5. The summed E-state index contributed by atoms with van der Waals surface area (Å²) in [6, 6.07) is -2.51. The molecule has 22 nitrogen and oxygen atoms in total. The van der Waals surface area contributed by atoms with Gasteiger partial charge in [0.05, 0.1) is 32.3 Å². The van der Waals surface area contributed by atoms with Crippen LogP contribution in [-0.4, -0.2) is 157 Å². The Labute approximate surface area is 448 Å². The van der Waals surface area contributed by atoms with E-state index in [-0.39, 0.29) is 152 Å². The normalized spacial score (nSPS) is 12.7. The van der Waals surface area contributed by atoms with E-state index in [9.17, 15) is 68.1 Å². The summed E-state index contributed by atoms with van der Waals surface area (Å²) in [6.45, 7) is 4.26. The molecular weight excluding hydrogens is 995 g/mol. The Morgan fingerprint density at radius 3 is 1.34 bits per heavy atom. The van der Waals surface area contributed by atoms with Crippen molar-refractivity contribution in [1.29, 1.82) is 0 Å². The summed E-state index contributed by atoms with van der Waals surface area (Å²) in [5.74, 6) is -8.01. The molecule has 0 bridgehead atoms. The average Bonchev–Trinajstić information content (AvgIpc) is 3.36. The van der Waals surface area contributed by atoms with Crippen molar-refractivity contribution in [2.45, 2.75) is 206 Å². The van der Waals surface area contributed by atoms with E-state index in [0.717, 1.165) is 70.6 Å². The van der Waals surface area contributed by atoms with Crippen molar-refractivity contribution >= 4 is 64.7 Å². The number of rotatable bonds is 55. The predicted molar refractivity (Wildman–Crippen MR) is 278 cm³/mol. The van der Waals surface area contributed by atoms with Crippen molar-refractivity contribution in [3.05, 3.63) is 0 Å². The fourth-order valence-corrected chi connectivity index (χ4v) is 7.76. The number of amides is 3. The summed E-state index contributed by atoms with van der Waals surface area (Å²) in [6.07, 6.45) is 14.6. The molecule has 7 N–H and O–H groups in total. The lowest BCUT2D eigenvalue weighted by molar-refractivity contribution is -0.145. The lowest BCUT2D eigenvalue weighted by Crippen LogP contribution is -2.42. The number of ketones is 4. The van der Waals surface area contributed by atoms with Crippen molar-refractivity contribution in [2.24, 2.45) is 11.8 Å². The first-order valence-electron chi connectivity index (χ1n) is 27.4. The zero-order chi connectivity index (χ0) is 56.8. The molecule has 0 aliphatic carbocycles. The van der Waals surface area contributed by atoms with Crippen molar-refractivity contribution in [2.75, 3.05) is 59.4 Å². The summed E-state index contributed by atoms with van der Waals surface area (Å²) >= 11 is 0. The standard InChI is InChI=1S/C54H91N3O19/c1-40(41(2)58)19-15-16-30-55-48(62)29-27-47(54(71)72)57-50(64)28-24-42(52(67)68)37-45(61)39-76-36-34-74-32-18-21-44(60)38-75-35-33-73-31-17-20-43(59)25-26-46(53(69)70)56-49(63)22-13-11-9-7-5-3-4-6-8-10-12-14-23-51(65)66/h40,42,46-47H,3-39H2,1-2H3,(H,55,62)(H,56,63)(H,57,64)(H,65,66)(H,67,68)(H,69,70)(H,71,72)/t40-,42+,46-,47-/m0/s1. The number of unbranched alkanes of at least 4 members (excludes halogenated alkanes) is 12. The van der Waals surface area contributed by atoms with Crippen LogP contribution in [0, 0.1) is 11.8 Å². The predicted octanol–water partition coefficient (Wildman–Crippen LogP) is 5.95. The molecule has 0 aromatic carbocycles. The van der Waals surface area contributed by atoms with Gasteiger partial charge in [0.1, 0.15) is 36.9 Å². The molecule has 0 rings (SSSR count). The molecule has 436 valence electrons. The summed E-state index contributed by atoms with van der Waals surface area (Å²) < 4.78 is 21.5. The molecule has 0 saturated carbocycles. The van der Waals surface area contributed by atoms with Crippen molar-refractivity contribution < 1.29 is 92.1 Å². The highest BCUT2D eigenvalue weighted by molar-refractivity contribution is 5.87. The van der Waals surface area contributed by atoms with Crippen LogP contribution in [0.5, 0.6) is 0 Å². The molecule has 0 saturated heterocycles. The number of carboxylic acids is 4. The van der Waals surface area contributed by atoms with Crippen LogP contribution in [0.4, 0.5) is 0 Å². The summed E-state index contributed by atoms with van der Waals surface area (Å²) in [7, 11) is 0. The number of ether oxygens (including phenoxy) is 4. The molecular formula is C54H91N3O19. The van der Waals surface area contributed by atoms with Gasteiger partial charge in [0.2, 0.25) is 17.7 Å². The van der Waals surface area contributed by atoms with E-state index in [0.29, 0.717) is 38.6 Å². The summed E-state index contributed by atoms with van der Waals surface area (Å²) in [4.78, 5) is 131. The van der Waals surface area contributed by atoms with E-state index in [4.69, 9.17) is 24.1 Å². The van der Waals surface area contributed by atoms with Gasteiger partial charge in [-0.05, 0) is 64.7 Å². The van der Waals surface area contributed by atoms with Crippen LogP contribution in [0.2, 0.25) is 0 Å². The molecule has 0 aromatic heterocycles. The molecule has 22 heteroatoms. The van der Waals surface area contributed by atoms with Crippen LogP contribution in [0.3, 0.4) is 0 Å². The molecule has 0 radical (unpaired) electrons. The Morgan fingerprint density at radius 1 is 0.395 bits per heavy atom. The first-order chi connectivity index (χ1) is 36.3. The average molecular weight is 1090 g/mol. The number of aliphatic carboxylic acids is 4. The zero-order valence-electron chi connectivity index (χ0n) is 45.4. The second-order valence-electron chi connectivity index (χ2n) is 19.4. The fourth-order valence-electron chi connectivity index (χ4n) is 7.76. The van der Waals surface area contributed by atoms with E-state index >= 15 is 0 Å². The number of Topliss-reactive ketones (excluding diaryl/α,β-unsaturated/α-hetero) is 4. The van der Waals surface area contributed by atoms with Gasteiger partial charge in [-0.3, -0.25) is 43.2 Å². The van der Waals surface area contributed by atoms with Gasteiger partial charge in [0.15, 0.2) is 11.6 Å². The van der Waals surface area contributed by atoms with Crippen LogP contribution in [0.25, 0.3) is 0 Å². The minimum atomic E-state index is -1.37. The minimum Gasteiger partial charge on any atom is -0.481 e. The van der Waals surface area contributed by atoms with Crippen molar-refractivity contribution in [3.63, 3.8) is 0 Å². The van der Waals surface area contributed by atoms with Gasteiger partial charge in [0, 0.05) is 77.0 Å². The first kappa shape index (κ1) is 70.8. The highest BCUT2D eigenvalue weighted by Crippen LogP contribution is 2.16. The SMILES string of the molecule is CC(=O)[C@@H](C)CCCCNC(=O)CC[C@H](NC(=O)CC[C@H](CC(=O)COCCOCCCC(=O)COCCOCCCC(=O)CC[C@H](NC(=O)CCCCCCCCCCCCCCC(=O)O)C(=O)O)C(=O)O)C(=O)O. The van der Waals surface area contributed by atoms with Crippen LogP contribution >= 0.6 is 0 Å². The topological polar surface area (TPSA) is 342 Å². The Morgan fingerprint density at radius 2 is 0.842 bits per heavy atom. The van der Waals surface area contributed by atoms with Crippen LogP contribution in [-0.2, 0) is 71.7 Å². The van der Waals surface area contributed by atoms with E-state index in [1.165, 1.54) is 13.3 Å². The number of carbonyl (C=O) groups is 11. The Balaban J connectivity index is 3.97. The van der Waals surface area contributed by atoms with Gasteiger partial charge in [-0.15, -0.1) is 0 Å². The van der Waals surface area contributed by atoms with Gasteiger partial charge < -0.3 is 55.3 Å². The third kappa shape index (κ3) is 44.0. The molecule has 0 aliphatic heterocycles. The second kappa shape index (κ2) is 47.1. The Hall–Kier alpha value is -5.19. The Bertz CT molecular complexity index is 1730. The van der Waals surface area contributed by atoms with Gasteiger partial charge in [0.25, 0.3) is 0 Å². The van der Waals surface area contributed by atoms with E-state index < -0.39 is 60.0 Å². The molecule has 3 amide bonds. The zero-order valence-corrected chi connectivity index (χ0v) is 45.4. The smallest absolute Gasteiger partial charge is 0.326 e. The lowest BCUT2D eigenvalue weighted by Gasteiger charge is -2.16. The quantitative estimate of drug-likeness (QED) is 0.0346. The molecule has 0 aromatic rings. The van der Waals surface area contributed by atoms with E-state index in [1.807, 2.05) is 6.92 Å². The fraction of sp³-hybridized carbons (Fsp3) is 0.796. The van der Waals surface area contributed by atoms with E-state index in [2.05, 4.69) is 16.0 Å². The largest absolute Gasteiger partial charge is 0.481 e. The highest BCUT2D eigenvalue weighted by Gasteiger charge is 2.26. The van der Waals surface area contributed by atoms with Crippen LogP contribution in [0.1, 0.15) is 194 Å². The molecule has 0 spiro atoms. The van der Waals surface area contributed by atoms with Crippen LogP contribution in [0.15, 0.2) is 0 Å². The van der Waals surface area contributed by atoms with Gasteiger partial charge in [-0.2, -0.15) is 0 Å². The third-order valence-electron chi connectivity index (χ3n) is 12.6. The van der Waals surface area contributed by atoms with Gasteiger partial charge in [-0.1, -0.05) is 77.6 Å². The maximum absolute atomic E-state index is 12.5. The third-order valence-corrected chi connectivity index (χ3v) is 12.6. The van der Waals surface area contributed by atoms with Crippen molar-refractivity contribution in [3.8, 4) is 0 Å². The number of carbonyl (C=O) groups excluding carboxylic acids is 7. The number of hydrogen-bond acceptors (Lipinski definition) is 15. The number of hydrogen-bond donors (Lipinski definition) is 7. The van der Waals surface area contributed by atoms with Gasteiger partial charge >= 0.3 is 23.9 Å². The maximum Gasteiger partial charge on any atom is 0.326 e. The molecule has 0 heterocycles. The summed E-state index contributed by atoms with van der Waals surface area (Å²) in [5, 5.41) is 44.8.